The molecule has 0 saturated carbocycles. The first kappa shape index (κ1) is 18.3. The highest BCUT2D eigenvalue weighted by molar-refractivity contribution is 5.57. The number of nitro groups is 1. The largest absolute Gasteiger partial charge is 0.355 e. The van der Waals surface area contributed by atoms with Crippen molar-refractivity contribution >= 4 is 11.4 Å². The van der Waals surface area contributed by atoms with Crippen LogP contribution in [0, 0.1) is 10.1 Å². The number of anilines is 1. The minimum Gasteiger partial charge on any atom is -0.355 e. The van der Waals surface area contributed by atoms with Crippen LogP contribution < -0.4 is 5.32 Å². The van der Waals surface area contributed by atoms with Crippen LogP contribution in [0.4, 0.5) is 11.4 Å². The Morgan fingerprint density at radius 3 is 2.46 bits per heavy atom. The average Bonchev–Trinajstić information content (AvgIpc) is 3.23. The molecular formula is C22H23N3O3. The molecule has 0 radical (unpaired) electrons. The molecule has 1 aromatic heterocycles. The molecule has 1 N–H and O–H groups in total. The van der Waals surface area contributed by atoms with Gasteiger partial charge >= 0.3 is 0 Å². The molecule has 6 nitrogen and oxygen atoms in total. The van der Waals surface area contributed by atoms with Crippen molar-refractivity contribution in [3.63, 3.8) is 0 Å². The summed E-state index contributed by atoms with van der Waals surface area (Å²) >= 11 is 0. The quantitative estimate of drug-likeness (QED) is 0.468. The third kappa shape index (κ3) is 2.96. The maximum atomic E-state index is 10.9. The molecule has 3 aromatic rings. The van der Waals surface area contributed by atoms with Crippen LogP contribution in [0.15, 0.2) is 66.9 Å². The van der Waals surface area contributed by atoms with Crippen LogP contribution in [0.1, 0.15) is 44.2 Å². The molecule has 1 aliphatic heterocycles. The van der Waals surface area contributed by atoms with Crippen molar-refractivity contribution in [2.75, 3.05) is 5.32 Å². The molecule has 2 aromatic carbocycles. The summed E-state index contributed by atoms with van der Waals surface area (Å²) in [5.41, 5.74) is 3.80. The second-order valence-corrected chi connectivity index (χ2v) is 6.97. The fraction of sp³-hybridized carbons (Fsp3) is 0.273. The minimum absolute atomic E-state index is 0.0782. The molecule has 28 heavy (non-hydrogen) atoms. The summed E-state index contributed by atoms with van der Waals surface area (Å²) in [5.74, 6) is 0. The summed E-state index contributed by atoms with van der Waals surface area (Å²) in [5, 5.41) is 14.4. The van der Waals surface area contributed by atoms with Crippen LogP contribution in [0.2, 0.25) is 0 Å². The van der Waals surface area contributed by atoms with E-state index >= 15 is 0 Å². The zero-order valence-electron chi connectivity index (χ0n) is 16.0. The van der Waals surface area contributed by atoms with Gasteiger partial charge in [-0.2, -0.15) is 0 Å². The summed E-state index contributed by atoms with van der Waals surface area (Å²) in [7, 11) is 0. The number of rotatable bonds is 5. The van der Waals surface area contributed by atoms with Gasteiger partial charge in [0.25, 0.3) is 5.69 Å². The molecule has 1 atom stereocenters. The maximum Gasteiger partial charge on any atom is 0.269 e. The molecule has 0 saturated heterocycles. The van der Waals surface area contributed by atoms with Crippen LogP contribution in [0.25, 0.3) is 5.69 Å². The zero-order valence-corrected chi connectivity index (χ0v) is 16.0. The van der Waals surface area contributed by atoms with Gasteiger partial charge in [-0.3, -0.25) is 10.1 Å². The first-order chi connectivity index (χ1) is 13.6. The smallest absolute Gasteiger partial charge is 0.269 e. The normalized spacial score (nSPS) is 17.6. The number of nitro benzene ring substituents is 1. The zero-order chi connectivity index (χ0) is 19.7. The number of nitrogens with one attached hydrogen (secondary N) is 1. The Morgan fingerprint density at radius 2 is 1.79 bits per heavy atom. The van der Waals surface area contributed by atoms with Crippen molar-refractivity contribution in [2.45, 2.75) is 38.5 Å². The van der Waals surface area contributed by atoms with E-state index in [9.17, 15) is 10.1 Å². The van der Waals surface area contributed by atoms with E-state index in [2.05, 4.69) is 31.3 Å². The molecule has 1 unspecified atom stereocenters. The summed E-state index contributed by atoms with van der Waals surface area (Å²) < 4.78 is 8.63. The Labute approximate surface area is 163 Å². The number of hydrogen-bond acceptors (Lipinski definition) is 4. The molecule has 0 amide bonds. The summed E-state index contributed by atoms with van der Waals surface area (Å²) in [6.07, 6.45) is 3.37. The van der Waals surface area contributed by atoms with Gasteiger partial charge in [0.05, 0.1) is 16.2 Å². The first-order valence-electron chi connectivity index (χ1n) is 9.54. The SMILES string of the molecule is CCC1(CC)OC(c2cccn2-c2ccc([N+](=O)[O-])cc2)Nc2ccccc21. The van der Waals surface area contributed by atoms with E-state index in [1.165, 1.54) is 17.7 Å². The number of hydrogen-bond donors (Lipinski definition) is 1. The van der Waals surface area contributed by atoms with Gasteiger partial charge in [0, 0.05) is 35.3 Å². The van der Waals surface area contributed by atoms with Crippen molar-refractivity contribution in [3.8, 4) is 5.69 Å². The third-order valence-electron chi connectivity index (χ3n) is 5.58. The third-order valence-corrected chi connectivity index (χ3v) is 5.58. The molecule has 144 valence electrons. The van der Waals surface area contributed by atoms with Gasteiger partial charge in [-0.1, -0.05) is 32.0 Å². The van der Waals surface area contributed by atoms with Gasteiger partial charge in [-0.15, -0.1) is 0 Å². The molecule has 4 rings (SSSR count). The molecule has 6 heteroatoms. The summed E-state index contributed by atoms with van der Waals surface area (Å²) in [6.45, 7) is 4.30. The van der Waals surface area contributed by atoms with Gasteiger partial charge in [-0.05, 0) is 43.2 Å². The number of benzene rings is 2. The van der Waals surface area contributed by atoms with Gasteiger partial charge in [0.1, 0.15) is 0 Å². The standard InChI is InChI=1S/C22H23N3O3/c1-3-22(4-2)18-8-5-6-9-19(18)23-21(28-22)20-10-7-15-24(20)16-11-13-17(14-12-16)25(26)27/h5-15,21,23H,3-4H2,1-2H3. The Bertz CT molecular complexity index is 990. The highest BCUT2D eigenvalue weighted by Gasteiger charge is 2.39. The topological polar surface area (TPSA) is 69.3 Å². The number of para-hydroxylation sites is 1. The summed E-state index contributed by atoms with van der Waals surface area (Å²) in [4.78, 5) is 10.5. The predicted octanol–water partition coefficient (Wildman–Crippen LogP) is 5.54. The molecular weight excluding hydrogens is 354 g/mol. The second kappa shape index (κ2) is 7.13. The van der Waals surface area contributed by atoms with Crippen molar-refractivity contribution in [1.82, 2.24) is 4.57 Å². The highest BCUT2D eigenvalue weighted by Crippen LogP contribution is 2.46. The van der Waals surface area contributed by atoms with Crippen LogP contribution >= 0.6 is 0 Å². The van der Waals surface area contributed by atoms with Crippen molar-refractivity contribution < 1.29 is 9.66 Å². The van der Waals surface area contributed by atoms with E-state index in [1.807, 2.05) is 35.0 Å². The molecule has 0 bridgehead atoms. The minimum atomic E-state index is -0.389. The Kier molecular flexibility index (Phi) is 4.65. The van der Waals surface area contributed by atoms with Gasteiger partial charge in [0.2, 0.25) is 0 Å². The van der Waals surface area contributed by atoms with E-state index in [0.717, 1.165) is 29.9 Å². The molecule has 0 aliphatic carbocycles. The monoisotopic (exact) mass is 377 g/mol. The lowest BCUT2D eigenvalue weighted by Crippen LogP contribution is -2.38. The number of aromatic nitrogens is 1. The van der Waals surface area contributed by atoms with Crippen molar-refractivity contribution in [1.29, 1.82) is 0 Å². The van der Waals surface area contributed by atoms with Crippen molar-refractivity contribution in [3.05, 3.63) is 88.2 Å². The van der Waals surface area contributed by atoms with E-state index in [4.69, 9.17) is 4.74 Å². The van der Waals surface area contributed by atoms with Crippen LogP contribution in [-0.4, -0.2) is 9.49 Å². The first-order valence-corrected chi connectivity index (χ1v) is 9.54. The maximum absolute atomic E-state index is 10.9. The lowest BCUT2D eigenvalue weighted by molar-refractivity contribution is -0.384. The van der Waals surface area contributed by atoms with Gasteiger partial charge in [-0.25, -0.2) is 0 Å². The molecule has 0 fully saturated rings. The van der Waals surface area contributed by atoms with E-state index < -0.39 is 0 Å². The Hall–Kier alpha value is -3.12. The number of non-ortho nitro benzene ring substituents is 1. The van der Waals surface area contributed by atoms with Gasteiger partial charge in [0.15, 0.2) is 6.23 Å². The van der Waals surface area contributed by atoms with Gasteiger partial charge < -0.3 is 14.6 Å². The van der Waals surface area contributed by atoms with E-state index in [1.54, 1.807) is 12.1 Å². The van der Waals surface area contributed by atoms with Crippen LogP contribution in [0.3, 0.4) is 0 Å². The average molecular weight is 377 g/mol. The Morgan fingerprint density at radius 1 is 1.07 bits per heavy atom. The number of ether oxygens (including phenoxy) is 1. The lowest BCUT2D eigenvalue weighted by atomic mass is 9.85. The second-order valence-electron chi connectivity index (χ2n) is 6.97. The van der Waals surface area contributed by atoms with Crippen LogP contribution in [-0.2, 0) is 10.3 Å². The number of nitrogens with zero attached hydrogens (tertiary/aromatic N) is 2. The van der Waals surface area contributed by atoms with E-state index in [0.29, 0.717) is 0 Å². The fourth-order valence-electron chi connectivity index (χ4n) is 3.98. The molecule has 1 aliphatic rings. The van der Waals surface area contributed by atoms with E-state index in [-0.39, 0.29) is 22.4 Å². The lowest BCUT2D eigenvalue weighted by Gasteiger charge is -2.43. The fourth-order valence-corrected chi connectivity index (χ4v) is 3.98. The molecule has 2 heterocycles. The number of fused-ring (bicyclic) bond motifs is 1. The predicted molar refractivity (Wildman–Crippen MR) is 109 cm³/mol. The van der Waals surface area contributed by atoms with Crippen LogP contribution in [0.5, 0.6) is 0 Å². The highest BCUT2D eigenvalue weighted by atomic mass is 16.6. The Balaban J connectivity index is 1.73. The molecule has 0 spiro atoms. The summed E-state index contributed by atoms with van der Waals surface area (Å²) in [6, 6.07) is 18.8. The van der Waals surface area contributed by atoms with Crippen molar-refractivity contribution in [2.24, 2.45) is 0 Å².